The molecule has 2 N–H and O–H groups in total. The Labute approximate surface area is 123 Å². The van der Waals surface area contributed by atoms with Gasteiger partial charge < -0.3 is 5.73 Å². The molecular formula is C14H18ClN5. The number of nitrogens with two attached hydrogens (primary N) is 1. The fraction of sp³-hybridized carbons (Fsp3) is 0.500. The third-order valence-corrected chi connectivity index (χ3v) is 5.24. The number of tetrazole rings is 1. The monoisotopic (exact) mass is 291 g/mol. The molecule has 0 aliphatic heterocycles. The van der Waals surface area contributed by atoms with Gasteiger partial charge in [-0.3, -0.25) is 0 Å². The summed E-state index contributed by atoms with van der Waals surface area (Å²) >= 11 is 6.26. The summed E-state index contributed by atoms with van der Waals surface area (Å²) in [6.45, 7) is 8.91. The van der Waals surface area contributed by atoms with E-state index in [1.165, 1.54) is 0 Å². The van der Waals surface area contributed by atoms with Gasteiger partial charge in [-0.2, -0.15) is 0 Å². The van der Waals surface area contributed by atoms with E-state index < -0.39 is 0 Å². The molecule has 5 nitrogen and oxygen atoms in total. The van der Waals surface area contributed by atoms with E-state index in [0.717, 1.165) is 5.56 Å². The molecule has 0 atom stereocenters. The topological polar surface area (TPSA) is 69.6 Å². The lowest BCUT2D eigenvalue weighted by atomic mass is 10.0. The molecule has 0 bridgehead atoms. The molecule has 3 rings (SSSR count). The van der Waals surface area contributed by atoms with Crippen molar-refractivity contribution in [1.82, 2.24) is 20.2 Å². The van der Waals surface area contributed by atoms with Gasteiger partial charge in [0.25, 0.3) is 0 Å². The van der Waals surface area contributed by atoms with E-state index in [0.29, 0.717) is 16.5 Å². The van der Waals surface area contributed by atoms with Crippen molar-refractivity contribution in [2.24, 2.45) is 10.8 Å². The Hall–Kier alpha value is -1.62. The summed E-state index contributed by atoms with van der Waals surface area (Å²) in [5, 5.41) is 12.7. The van der Waals surface area contributed by atoms with E-state index in [-0.39, 0.29) is 16.9 Å². The van der Waals surface area contributed by atoms with Crippen LogP contribution in [0.3, 0.4) is 0 Å². The number of nitrogens with zero attached hydrogens (tertiary/aromatic N) is 4. The van der Waals surface area contributed by atoms with E-state index in [1.807, 2.05) is 10.7 Å². The maximum Gasteiger partial charge on any atom is 0.183 e. The molecule has 106 valence electrons. The summed E-state index contributed by atoms with van der Waals surface area (Å²) in [4.78, 5) is 0. The van der Waals surface area contributed by atoms with Gasteiger partial charge in [0.2, 0.25) is 0 Å². The molecule has 1 aliphatic carbocycles. The highest BCUT2D eigenvalue weighted by Crippen LogP contribution is 2.71. The van der Waals surface area contributed by atoms with Crippen molar-refractivity contribution in [3.05, 3.63) is 23.2 Å². The number of aromatic nitrogens is 4. The fourth-order valence-electron chi connectivity index (χ4n) is 3.03. The highest BCUT2D eigenvalue weighted by Gasteiger charge is 2.67. The zero-order valence-electron chi connectivity index (χ0n) is 12.1. The van der Waals surface area contributed by atoms with Gasteiger partial charge in [0.1, 0.15) is 0 Å². The number of hydrogen-bond donors (Lipinski definition) is 1. The number of nitrogen functional groups attached to an aromatic ring is 1. The maximum atomic E-state index is 6.26. The summed E-state index contributed by atoms with van der Waals surface area (Å²) in [7, 11) is 0. The van der Waals surface area contributed by atoms with Gasteiger partial charge in [-0.05, 0) is 39.5 Å². The minimum Gasteiger partial charge on any atom is -0.399 e. The average Bonchev–Trinajstić information content (AvgIpc) is 2.70. The Morgan fingerprint density at radius 1 is 1.20 bits per heavy atom. The SMILES string of the molecule is CC1(C)C(n2nnnc2-c2cc(N)ccc2Cl)C1(C)C. The molecule has 0 amide bonds. The lowest BCUT2D eigenvalue weighted by Crippen LogP contribution is -2.06. The largest absolute Gasteiger partial charge is 0.399 e. The molecule has 1 aromatic heterocycles. The highest BCUT2D eigenvalue weighted by atomic mass is 35.5. The normalized spacial score (nSPS) is 20.1. The molecule has 6 heteroatoms. The minimum absolute atomic E-state index is 0.143. The van der Waals surface area contributed by atoms with E-state index in [9.17, 15) is 0 Å². The number of anilines is 1. The van der Waals surface area contributed by atoms with Crippen molar-refractivity contribution in [2.75, 3.05) is 5.73 Å². The predicted octanol–water partition coefficient (Wildman–Crippen LogP) is 3.18. The third kappa shape index (κ3) is 1.66. The Balaban J connectivity index is 2.11. The quantitative estimate of drug-likeness (QED) is 0.863. The summed E-state index contributed by atoms with van der Waals surface area (Å²) in [5.41, 5.74) is 7.55. The van der Waals surface area contributed by atoms with Gasteiger partial charge >= 0.3 is 0 Å². The van der Waals surface area contributed by atoms with Crippen LogP contribution in [0.1, 0.15) is 33.7 Å². The lowest BCUT2D eigenvalue weighted by Gasteiger charge is -2.08. The van der Waals surface area contributed by atoms with E-state index in [2.05, 4.69) is 43.2 Å². The molecule has 0 unspecified atom stereocenters. The lowest BCUT2D eigenvalue weighted by molar-refractivity contribution is 0.457. The van der Waals surface area contributed by atoms with Crippen LogP contribution in [-0.2, 0) is 0 Å². The summed E-state index contributed by atoms with van der Waals surface area (Å²) in [6.07, 6.45) is 0. The first kappa shape index (κ1) is 13.4. The Kier molecular flexibility index (Phi) is 2.64. The fourth-order valence-corrected chi connectivity index (χ4v) is 3.23. The van der Waals surface area contributed by atoms with Crippen LogP contribution >= 0.6 is 11.6 Å². The second-order valence-corrected chi connectivity index (χ2v) is 6.94. The predicted molar refractivity (Wildman–Crippen MR) is 79.3 cm³/mol. The first-order valence-electron chi connectivity index (χ1n) is 6.60. The standard InChI is InChI=1S/C14H18ClN5/c1-13(2)12(14(13,3)4)20-11(17-18-19-20)9-7-8(16)5-6-10(9)15/h5-7,12H,16H2,1-4H3. The van der Waals surface area contributed by atoms with Crippen LogP contribution in [0.15, 0.2) is 18.2 Å². The van der Waals surface area contributed by atoms with Gasteiger partial charge in [0, 0.05) is 11.3 Å². The van der Waals surface area contributed by atoms with Crippen molar-refractivity contribution >= 4 is 17.3 Å². The molecule has 0 saturated heterocycles. The zero-order chi connectivity index (χ0) is 14.7. The minimum atomic E-state index is 0.143. The second kappa shape index (κ2) is 3.95. The maximum absolute atomic E-state index is 6.26. The molecule has 20 heavy (non-hydrogen) atoms. The van der Waals surface area contributed by atoms with Crippen molar-refractivity contribution < 1.29 is 0 Å². The Morgan fingerprint density at radius 2 is 1.85 bits per heavy atom. The van der Waals surface area contributed by atoms with E-state index in [4.69, 9.17) is 17.3 Å². The van der Waals surface area contributed by atoms with Crippen LogP contribution < -0.4 is 5.73 Å². The van der Waals surface area contributed by atoms with E-state index >= 15 is 0 Å². The third-order valence-electron chi connectivity index (χ3n) is 4.91. The smallest absolute Gasteiger partial charge is 0.183 e. The molecule has 1 heterocycles. The van der Waals surface area contributed by atoms with Crippen LogP contribution in [0.2, 0.25) is 5.02 Å². The first-order chi connectivity index (χ1) is 9.26. The van der Waals surface area contributed by atoms with Gasteiger partial charge in [-0.1, -0.05) is 39.3 Å². The van der Waals surface area contributed by atoms with Gasteiger partial charge in [0.15, 0.2) is 5.82 Å². The summed E-state index contributed by atoms with van der Waals surface area (Å²) in [6, 6.07) is 5.60. The Morgan fingerprint density at radius 3 is 2.45 bits per heavy atom. The number of hydrogen-bond acceptors (Lipinski definition) is 4. The van der Waals surface area contributed by atoms with Crippen molar-refractivity contribution in [3.63, 3.8) is 0 Å². The van der Waals surface area contributed by atoms with Crippen molar-refractivity contribution in [2.45, 2.75) is 33.7 Å². The molecule has 1 aliphatic rings. The number of benzene rings is 1. The van der Waals surface area contributed by atoms with Gasteiger partial charge in [-0.15, -0.1) is 5.10 Å². The van der Waals surface area contributed by atoms with Crippen molar-refractivity contribution in [1.29, 1.82) is 0 Å². The van der Waals surface area contributed by atoms with Crippen LogP contribution in [-0.4, -0.2) is 20.2 Å². The molecule has 0 radical (unpaired) electrons. The van der Waals surface area contributed by atoms with E-state index in [1.54, 1.807) is 12.1 Å². The second-order valence-electron chi connectivity index (χ2n) is 6.53. The molecule has 1 saturated carbocycles. The molecule has 2 aromatic rings. The number of rotatable bonds is 2. The average molecular weight is 292 g/mol. The Bertz CT molecular complexity index is 660. The molecule has 1 fully saturated rings. The molecular weight excluding hydrogens is 274 g/mol. The van der Waals surface area contributed by atoms with Crippen LogP contribution in [0, 0.1) is 10.8 Å². The summed E-state index contributed by atoms with van der Waals surface area (Å²) in [5.74, 6) is 0.672. The summed E-state index contributed by atoms with van der Waals surface area (Å²) < 4.78 is 1.88. The highest BCUT2D eigenvalue weighted by molar-refractivity contribution is 6.33. The number of halogens is 1. The van der Waals surface area contributed by atoms with Gasteiger partial charge in [0.05, 0.1) is 11.1 Å². The van der Waals surface area contributed by atoms with Crippen LogP contribution in [0.25, 0.3) is 11.4 Å². The van der Waals surface area contributed by atoms with Crippen molar-refractivity contribution in [3.8, 4) is 11.4 Å². The molecule has 0 spiro atoms. The zero-order valence-corrected chi connectivity index (χ0v) is 12.8. The first-order valence-corrected chi connectivity index (χ1v) is 6.98. The molecule has 1 aromatic carbocycles. The van der Waals surface area contributed by atoms with Crippen LogP contribution in [0.4, 0.5) is 5.69 Å². The van der Waals surface area contributed by atoms with Crippen LogP contribution in [0.5, 0.6) is 0 Å². The van der Waals surface area contributed by atoms with Gasteiger partial charge in [-0.25, -0.2) is 4.68 Å².